The highest BCUT2D eigenvalue weighted by atomic mass is 35.5. The van der Waals surface area contributed by atoms with Gasteiger partial charge >= 0.3 is 0 Å². The molecule has 3 N–H and O–H groups in total. The van der Waals surface area contributed by atoms with Crippen molar-refractivity contribution < 1.29 is 4.79 Å². The number of halogens is 1. The number of thioether (sulfide) groups is 1. The summed E-state index contributed by atoms with van der Waals surface area (Å²) in [5.74, 6) is 0.673. The van der Waals surface area contributed by atoms with Crippen molar-refractivity contribution in [1.82, 2.24) is 9.97 Å². The Morgan fingerprint density at radius 3 is 2.95 bits per heavy atom. The van der Waals surface area contributed by atoms with E-state index in [1.165, 1.54) is 11.3 Å². The molecule has 0 saturated carbocycles. The van der Waals surface area contributed by atoms with Gasteiger partial charge in [-0.1, -0.05) is 6.07 Å². The first-order chi connectivity index (χ1) is 9.70. The van der Waals surface area contributed by atoms with Crippen LogP contribution in [0.4, 0.5) is 5.13 Å². The Hall–Kier alpha value is -1.15. The fraction of sp³-hybridized carbons (Fsp3) is 0.308. The van der Waals surface area contributed by atoms with E-state index in [9.17, 15) is 4.79 Å². The molecule has 1 atom stereocenters. The van der Waals surface area contributed by atoms with Gasteiger partial charge in [-0.3, -0.25) is 9.78 Å². The summed E-state index contributed by atoms with van der Waals surface area (Å²) in [5.41, 5.74) is 7.35. The van der Waals surface area contributed by atoms with Crippen molar-refractivity contribution in [2.24, 2.45) is 5.73 Å². The van der Waals surface area contributed by atoms with Crippen LogP contribution >= 0.6 is 35.5 Å². The Bertz CT molecular complexity index is 564. The van der Waals surface area contributed by atoms with Crippen LogP contribution in [0.15, 0.2) is 29.8 Å². The molecular formula is C13H17ClN4OS2. The summed E-state index contributed by atoms with van der Waals surface area (Å²) in [6, 6.07) is 5.14. The van der Waals surface area contributed by atoms with Crippen LogP contribution in [0.1, 0.15) is 6.42 Å². The van der Waals surface area contributed by atoms with Gasteiger partial charge in [0, 0.05) is 11.6 Å². The molecule has 21 heavy (non-hydrogen) atoms. The Labute approximate surface area is 138 Å². The quantitative estimate of drug-likeness (QED) is 0.842. The third kappa shape index (κ3) is 5.28. The van der Waals surface area contributed by atoms with Gasteiger partial charge in [0.2, 0.25) is 5.91 Å². The van der Waals surface area contributed by atoms with Crippen molar-refractivity contribution in [3.05, 3.63) is 29.8 Å². The second-order valence-electron chi connectivity index (χ2n) is 4.13. The number of amides is 1. The molecule has 0 radical (unpaired) electrons. The van der Waals surface area contributed by atoms with E-state index in [0.717, 1.165) is 17.1 Å². The lowest BCUT2D eigenvalue weighted by Crippen LogP contribution is -2.36. The van der Waals surface area contributed by atoms with Gasteiger partial charge in [0.1, 0.15) is 5.69 Å². The number of thiazole rings is 1. The van der Waals surface area contributed by atoms with Crippen LogP contribution in [0.3, 0.4) is 0 Å². The predicted molar refractivity (Wildman–Crippen MR) is 92.2 cm³/mol. The average Bonchev–Trinajstić information content (AvgIpc) is 2.94. The van der Waals surface area contributed by atoms with E-state index in [1.807, 2.05) is 29.8 Å². The number of nitrogens with two attached hydrogens (primary N) is 1. The highest BCUT2D eigenvalue weighted by Gasteiger charge is 2.15. The maximum Gasteiger partial charge on any atom is 0.243 e. The van der Waals surface area contributed by atoms with Crippen LogP contribution in [-0.2, 0) is 4.79 Å². The van der Waals surface area contributed by atoms with Gasteiger partial charge in [0.25, 0.3) is 0 Å². The summed E-state index contributed by atoms with van der Waals surface area (Å²) < 4.78 is 0. The first-order valence-corrected chi connectivity index (χ1v) is 8.40. The number of carbonyl (C=O) groups excluding carboxylic acids is 1. The highest BCUT2D eigenvalue weighted by molar-refractivity contribution is 7.98. The van der Waals surface area contributed by atoms with E-state index < -0.39 is 6.04 Å². The van der Waals surface area contributed by atoms with Crippen molar-refractivity contribution in [2.45, 2.75) is 12.5 Å². The number of hydrogen-bond acceptors (Lipinski definition) is 6. The number of aromatic nitrogens is 2. The van der Waals surface area contributed by atoms with Gasteiger partial charge in [-0.2, -0.15) is 11.8 Å². The largest absolute Gasteiger partial charge is 0.320 e. The van der Waals surface area contributed by atoms with Gasteiger partial charge < -0.3 is 11.1 Å². The number of nitrogens with one attached hydrogen (secondary N) is 1. The molecule has 0 spiro atoms. The molecular weight excluding hydrogens is 328 g/mol. The normalized spacial score (nSPS) is 11.5. The minimum absolute atomic E-state index is 0. The van der Waals surface area contributed by atoms with E-state index in [0.29, 0.717) is 11.6 Å². The topological polar surface area (TPSA) is 80.9 Å². The summed E-state index contributed by atoms with van der Waals surface area (Å²) in [6.45, 7) is 0. The molecule has 0 aliphatic heterocycles. The number of carbonyl (C=O) groups is 1. The molecule has 0 aliphatic carbocycles. The zero-order valence-electron chi connectivity index (χ0n) is 11.5. The van der Waals surface area contributed by atoms with Crippen LogP contribution in [0.25, 0.3) is 11.4 Å². The molecule has 0 saturated heterocycles. The van der Waals surface area contributed by atoms with Crippen molar-refractivity contribution in [3.63, 3.8) is 0 Å². The summed E-state index contributed by atoms with van der Waals surface area (Å²) in [6.07, 6.45) is 4.36. The number of hydrogen-bond donors (Lipinski definition) is 2. The monoisotopic (exact) mass is 344 g/mol. The average molecular weight is 345 g/mol. The number of nitrogens with zero attached hydrogens (tertiary/aromatic N) is 2. The molecule has 2 aromatic heterocycles. The molecule has 8 heteroatoms. The van der Waals surface area contributed by atoms with Crippen LogP contribution in [0, 0.1) is 0 Å². The van der Waals surface area contributed by atoms with Gasteiger partial charge in [-0.05, 0) is 30.6 Å². The highest BCUT2D eigenvalue weighted by Crippen LogP contribution is 2.23. The smallest absolute Gasteiger partial charge is 0.243 e. The number of anilines is 1. The van der Waals surface area contributed by atoms with Crippen LogP contribution in [0.5, 0.6) is 0 Å². The molecule has 0 aliphatic rings. The third-order valence-electron chi connectivity index (χ3n) is 2.63. The van der Waals surface area contributed by atoms with E-state index in [2.05, 4.69) is 15.3 Å². The van der Waals surface area contributed by atoms with E-state index in [4.69, 9.17) is 5.73 Å². The summed E-state index contributed by atoms with van der Waals surface area (Å²) in [7, 11) is 0. The van der Waals surface area contributed by atoms with Crippen molar-refractivity contribution in [1.29, 1.82) is 0 Å². The Balaban J connectivity index is 0.00000220. The standard InChI is InChI=1S/C13H16N4OS2.ClH/c1-19-7-5-9(14)12(18)17-13-16-11(8-20-13)10-4-2-3-6-15-10;/h2-4,6,8-9H,5,7,14H2,1H3,(H,16,17,18);1H. The minimum Gasteiger partial charge on any atom is -0.320 e. The Morgan fingerprint density at radius 2 is 2.29 bits per heavy atom. The maximum atomic E-state index is 11.9. The molecule has 0 bridgehead atoms. The number of pyridine rings is 1. The third-order valence-corrected chi connectivity index (χ3v) is 4.03. The fourth-order valence-electron chi connectivity index (χ4n) is 1.54. The maximum absolute atomic E-state index is 11.9. The molecule has 0 aromatic carbocycles. The molecule has 2 aromatic rings. The zero-order valence-corrected chi connectivity index (χ0v) is 13.9. The lowest BCUT2D eigenvalue weighted by atomic mass is 10.2. The summed E-state index contributed by atoms with van der Waals surface area (Å²) >= 11 is 3.04. The minimum atomic E-state index is -0.496. The first kappa shape index (κ1) is 17.9. The molecule has 2 rings (SSSR count). The molecule has 0 fully saturated rings. The van der Waals surface area contributed by atoms with Crippen molar-refractivity contribution in [2.75, 3.05) is 17.3 Å². The van der Waals surface area contributed by atoms with Gasteiger partial charge in [-0.25, -0.2) is 4.98 Å². The van der Waals surface area contributed by atoms with Gasteiger partial charge in [-0.15, -0.1) is 23.7 Å². The molecule has 1 unspecified atom stereocenters. The first-order valence-electron chi connectivity index (χ1n) is 6.13. The Morgan fingerprint density at radius 1 is 1.48 bits per heavy atom. The zero-order chi connectivity index (χ0) is 14.4. The van der Waals surface area contributed by atoms with E-state index in [1.54, 1.807) is 18.0 Å². The summed E-state index contributed by atoms with van der Waals surface area (Å²) in [4.78, 5) is 20.4. The summed E-state index contributed by atoms with van der Waals surface area (Å²) in [5, 5.41) is 5.16. The Kier molecular flexibility index (Phi) is 7.66. The lowest BCUT2D eigenvalue weighted by Gasteiger charge is -2.09. The number of rotatable bonds is 6. The van der Waals surface area contributed by atoms with Crippen molar-refractivity contribution in [3.8, 4) is 11.4 Å². The molecule has 1 amide bonds. The van der Waals surface area contributed by atoms with Gasteiger partial charge in [0.15, 0.2) is 5.13 Å². The van der Waals surface area contributed by atoms with Crippen LogP contribution in [0.2, 0.25) is 0 Å². The lowest BCUT2D eigenvalue weighted by molar-refractivity contribution is -0.117. The second-order valence-corrected chi connectivity index (χ2v) is 5.97. The van der Waals surface area contributed by atoms with E-state index >= 15 is 0 Å². The van der Waals surface area contributed by atoms with Crippen LogP contribution < -0.4 is 11.1 Å². The molecule has 5 nitrogen and oxygen atoms in total. The van der Waals surface area contributed by atoms with Crippen molar-refractivity contribution >= 4 is 46.5 Å². The second kappa shape index (κ2) is 8.99. The van der Waals surface area contributed by atoms with Gasteiger partial charge in [0.05, 0.1) is 11.7 Å². The molecule has 2 heterocycles. The molecule has 114 valence electrons. The SMILES string of the molecule is CSCCC(N)C(=O)Nc1nc(-c2ccccn2)cs1.Cl. The van der Waals surface area contributed by atoms with E-state index in [-0.39, 0.29) is 18.3 Å². The fourth-order valence-corrected chi connectivity index (χ4v) is 2.73. The van der Waals surface area contributed by atoms with Crippen LogP contribution in [-0.4, -0.2) is 33.9 Å². The predicted octanol–water partition coefficient (Wildman–Crippen LogP) is 2.65.